The molecular formula is C20H41F4NO3S. The van der Waals surface area contributed by atoms with Crippen molar-refractivity contribution in [1.29, 1.82) is 0 Å². The van der Waals surface area contributed by atoms with Crippen molar-refractivity contribution in [1.82, 2.24) is 0 Å². The first kappa shape index (κ1) is 30.8. The Morgan fingerprint density at radius 1 is 0.759 bits per heavy atom. The molecule has 29 heavy (non-hydrogen) atoms. The minimum Gasteiger partial charge on any atom is -0.746 e. The highest BCUT2D eigenvalue weighted by molar-refractivity contribution is 7.86. The van der Waals surface area contributed by atoms with Crippen LogP contribution in [-0.2, 0) is 10.1 Å². The first-order valence-electron chi connectivity index (χ1n) is 10.9. The Morgan fingerprint density at radius 2 is 1.10 bits per heavy atom. The average molecular weight is 452 g/mol. The molecule has 9 heteroatoms. The third kappa shape index (κ3) is 18.1. The van der Waals surface area contributed by atoms with Crippen molar-refractivity contribution in [3.8, 4) is 0 Å². The number of quaternary nitrogens is 1. The second-order valence-electron chi connectivity index (χ2n) is 7.49. The zero-order valence-electron chi connectivity index (χ0n) is 18.6. The van der Waals surface area contributed by atoms with E-state index in [0.717, 1.165) is 25.7 Å². The summed E-state index contributed by atoms with van der Waals surface area (Å²) in [6, 6.07) is 0. The topological polar surface area (TPSA) is 57.2 Å². The van der Waals surface area contributed by atoms with Crippen LogP contribution in [0.1, 0.15) is 91.9 Å². The molecule has 1 unspecified atom stereocenters. The van der Waals surface area contributed by atoms with Crippen LogP contribution in [0.3, 0.4) is 0 Å². The summed E-state index contributed by atoms with van der Waals surface area (Å²) >= 11 is 0. The van der Waals surface area contributed by atoms with Crippen molar-refractivity contribution >= 4 is 10.1 Å². The normalized spacial score (nSPS) is 13.7. The SMILES string of the molecule is CC[N+](CC)(CC)CC.O=S(=O)([O-])C(F)CCCCCCCCCCC(F)(F)F. The van der Waals surface area contributed by atoms with E-state index in [1.165, 1.54) is 30.7 Å². The Kier molecular flexibility index (Phi) is 17.3. The molecule has 0 aromatic heterocycles. The average Bonchev–Trinajstić information content (AvgIpc) is 2.64. The zero-order chi connectivity index (χ0) is 23.0. The van der Waals surface area contributed by atoms with Gasteiger partial charge in [0.25, 0.3) is 0 Å². The van der Waals surface area contributed by atoms with Crippen LogP contribution in [0.15, 0.2) is 0 Å². The second kappa shape index (κ2) is 16.3. The molecule has 0 N–H and O–H groups in total. The molecule has 4 nitrogen and oxygen atoms in total. The first-order chi connectivity index (χ1) is 13.4. The van der Waals surface area contributed by atoms with Crippen molar-refractivity contribution in [2.75, 3.05) is 26.2 Å². The van der Waals surface area contributed by atoms with Crippen LogP contribution in [0.4, 0.5) is 17.6 Å². The fourth-order valence-electron chi connectivity index (χ4n) is 3.18. The summed E-state index contributed by atoms with van der Waals surface area (Å²) in [6.07, 6.45) is -0.313. The van der Waals surface area contributed by atoms with Crippen molar-refractivity contribution in [3.05, 3.63) is 0 Å². The van der Waals surface area contributed by atoms with Gasteiger partial charge in [0.15, 0.2) is 5.50 Å². The van der Waals surface area contributed by atoms with Gasteiger partial charge in [0.2, 0.25) is 0 Å². The van der Waals surface area contributed by atoms with Gasteiger partial charge >= 0.3 is 6.18 Å². The summed E-state index contributed by atoms with van der Waals surface area (Å²) in [5.74, 6) is 0. The largest absolute Gasteiger partial charge is 0.746 e. The maximum atomic E-state index is 12.7. The van der Waals surface area contributed by atoms with E-state index in [4.69, 9.17) is 0 Å². The van der Waals surface area contributed by atoms with Crippen LogP contribution in [0.5, 0.6) is 0 Å². The van der Waals surface area contributed by atoms with E-state index >= 15 is 0 Å². The van der Waals surface area contributed by atoms with Gasteiger partial charge in [-0.3, -0.25) is 0 Å². The number of alkyl halides is 4. The lowest BCUT2D eigenvalue weighted by Gasteiger charge is -2.34. The summed E-state index contributed by atoms with van der Waals surface area (Å²) in [7, 11) is -4.83. The molecule has 1 atom stereocenters. The molecular weight excluding hydrogens is 410 g/mol. The van der Waals surface area contributed by atoms with Crippen molar-refractivity contribution < 1.29 is 35.0 Å². The molecule has 178 valence electrons. The zero-order valence-corrected chi connectivity index (χ0v) is 19.4. The second-order valence-corrected chi connectivity index (χ2v) is 8.99. The number of rotatable bonds is 15. The molecule has 0 saturated carbocycles. The summed E-state index contributed by atoms with van der Waals surface area (Å²) in [5.41, 5.74) is -2.33. The first-order valence-corrected chi connectivity index (χ1v) is 12.3. The van der Waals surface area contributed by atoms with E-state index < -0.39 is 28.2 Å². The van der Waals surface area contributed by atoms with E-state index in [2.05, 4.69) is 27.7 Å². The summed E-state index contributed by atoms with van der Waals surface area (Å²) < 4.78 is 80.3. The van der Waals surface area contributed by atoms with Crippen LogP contribution in [0.2, 0.25) is 0 Å². The molecule has 0 fully saturated rings. The van der Waals surface area contributed by atoms with Gasteiger partial charge in [-0.1, -0.05) is 38.5 Å². The maximum absolute atomic E-state index is 12.7. The third-order valence-electron chi connectivity index (χ3n) is 5.64. The predicted octanol–water partition coefficient (Wildman–Crippen LogP) is 6.17. The van der Waals surface area contributed by atoms with Gasteiger partial charge in [-0.2, -0.15) is 13.2 Å². The highest BCUT2D eigenvalue weighted by Crippen LogP contribution is 2.23. The Balaban J connectivity index is 0. The number of halogens is 4. The Labute approximate surface area is 175 Å². The van der Waals surface area contributed by atoms with Crippen LogP contribution in [-0.4, -0.2) is 55.3 Å². The van der Waals surface area contributed by atoms with Crippen LogP contribution < -0.4 is 0 Å². The molecule has 0 aromatic carbocycles. The molecule has 0 spiro atoms. The van der Waals surface area contributed by atoms with E-state index in [-0.39, 0.29) is 12.8 Å². The van der Waals surface area contributed by atoms with Gasteiger partial charge in [0.1, 0.15) is 10.1 Å². The molecule has 0 aliphatic carbocycles. The minimum absolute atomic E-state index is 0.147. The molecule has 0 heterocycles. The monoisotopic (exact) mass is 451 g/mol. The standard InChI is InChI=1S/C12H22F4O3S.C8H20N/c13-11(20(17,18)19)9-7-5-3-1-2-4-6-8-10-12(14,15)16;1-5-9(6-2,7-3)8-4/h11H,1-10H2,(H,17,18,19);5-8H2,1-4H3/q;+1/p-1. The lowest BCUT2D eigenvalue weighted by Crippen LogP contribution is -2.47. The van der Waals surface area contributed by atoms with Crippen LogP contribution >= 0.6 is 0 Å². The Hall–Kier alpha value is -0.410. The van der Waals surface area contributed by atoms with Crippen LogP contribution in [0.25, 0.3) is 0 Å². The van der Waals surface area contributed by atoms with Crippen molar-refractivity contribution in [2.24, 2.45) is 0 Å². The van der Waals surface area contributed by atoms with Crippen molar-refractivity contribution in [3.63, 3.8) is 0 Å². The molecule has 0 aliphatic rings. The quantitative estimate of drug-likeness (QED) is 0.129. The van der Waals surface area contributed by atoms with Gasteiger partial charge in [0.05, 0.1) is 26.2 Å². The molecule has 0 aromatic rings. The molecule has 0 radical (unpaired) electrons. The van der Waals surface area contributed by atoms with E-state index in [1.54, 1.807) is 0 Å². The third-order valence-corrected chi connectivity index (χ3v) is 6.50. The number of unbranched alkanes of at least 4 members (excludes halogenated alkanes) is 7. The number of hydrogen-bond donors (Lipinski definition) is 0. The Bertz CT molecular complexity index is 463. The van der Waals surface area contributed by atoms with Gasteiger partial charge in [-0.15, -0.1) is 0 Å². The van der Waals surface area contributed by atoms with E-state index in [9.17, 15) is 30.5 Å². The number of hydrogen-bond acceptors (Lipinski definition) is 3. The molecule has 0 amide bonds. The van der Waals surface area contributed by atoms with Crippen LogP contribution in [0, 0.1) is 0 Å². The molecule has 0 saturated heterocycles. The van der Waals surface area contributed by atoms with Gasteiger partial charge < -0.3 is 9.04 Å². The van der Waals surface area contributed by atoms with Crippen molar-refractivity contribution in [2.45, 2.75) is 104 Å². The minimum atomic E-state index is -4.83. The summed E-state index contributed by atoms with van der Waals surface area (Å²) in [4.78, 5) is 0. The van der Waals surface area contributed by atoms with Gasteiger partial charge in [-0.05, 0) is 47.0 Å². The highest BCUT2D eigenvalue weighted by atomic mass is 32.2. The lowest BCUT2D eigenvalue weighted by atomic mass is 10.1. The van der Waals surface area contributed by atoms with Gasteiger partial charge in [0, 0.05) is 6.42 Å². The van der Waals surface area contributed by atoms with E-state index in [0.29, 0.717) is 19.3 Å². The highest BCUT2D eigenvalue weighted by Gasteiger charge is 2.25. The molecule has 0 aliphatic heterocycles. The van der Waals surface area contributed by atoms with Gasteiger partial charge in [-0.25, -0.2) is 12.8 Å². The summed E-state index contributed by atoms with van der Waals surface area (Å²) in [5, 5.41) is 0. The molecule has 0 bridgehead atoms. The fraction of sp³-hybridized carbons (Fsp3) is 1.00. The smallest absolute Gasteiger partial charge is 0.389 e. The maximum Gasteiger partial charge on any atom is 0.389 e. The fourth-order valence-corrected chi connectivity index (χ4v) is 3.63. The summed E-state index contributed by atoms with van der Waals surface area (Å²) in [6.45, 7) is 14.2. The lowest BCUT2D eigenvalue weighted by molar-refractivity contribution is -0.921. The van der Waals surface area contributed by atoms with E-state index in [1.807, 2.05) is 0 Å². The molecule has 0 rings (SSSR count). The Morgan fingerprint density at radius 3 is 1.38 bits per heavy atom. The predicted molar refractivity (Wildman–Crippen MR) is 109 cm³/mol. The number of nitrogens with zero attached hydrogens (tertiary/aromatic N) is 1.